The zero-order valence-electron chi connectivity index (χ0n) is 22.1. The normalized spacial score (nSPS) is 27.4. The number of carbonyl (C=O) groups excluding carboxylic acids is 2. The number of esters is 1. The van der Waals surface area contributed by atoms with Crippen LogP contribution in [0, 0.1) is 11.2 Å². The van der Waals surface area contributed by atoms with Crippen LogP contribution in [0.4, 0.5) is 4.39 Å². The summed E-state index contributed by atoms with van der Waals surface area (Å²) in [4.78, 5) is 30.0. The summed E-state index contributed by atoms with van der Waals surface area (Å²) in [6.45, 7) is 10.3. The Kier molecular flexibility index (Phi) is 7.52. The Morgan fingerprint density at radius 1 is 1.18 bits per heavy atom. The molecule has 9 heteroatoms. The molecule has 0 aromatic heterocycles. The van der Waals surface area contributed by atoms with Crippen molar-refractivity contribution in [2.24, 2.45) is 5.41 Å². The van der Waals surface area contributed by atoms with Crippen LogP contribution in [0.3, 0.4) is 0 Å². The van der Waals surface area contributed by atoms with Crippen molar-refractivity contribution in [2.75, 3.05) is 39.4 Å². The van der Waals surface area contributed by atoms with Gasteiger partial charge in [-0.2, -0.15) is 0 Å². The molecule has 0 aliphatic carbocycles. The van der Waals surface area contributed by atoms with E-state index in [1.807, 2.05) is 12.1 Å². The molecule has 0 unspecified atom stereocenters. The van der Waals surface area contributed by atoms with Gasteiger partial charge in [-0.3, -0.25) is 14.5 Å². The van der Waals surface area contributed by atoms with Crippen LogP contribution in [0.2, 0.25) is 5.02 Å². The quantitative estimate of drug-likeness (QED) is 0.428. The number of morpholine rings is 1. The standard InChI is InChI=1S/C29H35ClFN3O4/c1-28(2,3)17-22-29(19-8-4-5-10-21(19)38-27(29)36)23(18-7-6-9-20(30)24(18)31)25(33-22)26(35)32-11-12-34-13-15-37-16-14-34/h4-10,22-23,25,33H,11-17H2,1-3H3,(H,32,35)/t22-,23+,25-,29+/m1/s1. The third-order valence-electron chi connectivity index (χ3n) is 7.87. The van der Waals surface area contributed by atoms with Gasteiger partial charge in [-0.05, 0) is 29.5 Å². The largest absolute Gasteiger partial charge is 0.425 e. The third kappa shape index (κ3) is 4.83. The lowest BCUT2D eigenvalue weighted by molar-refractivity contribution is -0.139. The van der Waals surface area contributed by atoms with Gasteiger partial charge in [0, 0.05) is 43.7 Å². The summed E-state index contributed by atoms with van der Waals surface area (Å²) in [5, 5.41) is 6.47. The van der Waals surface area contributed by atoms with E-state index < -0.39 is 35.2 Å². The zero-order valence-corrected chi connectivity index (χ0v) is 22.8. The number of para-hydroxylation sites is 1. The molecule has 1 spiro atoms. The van der Waals surface area contributed by atoms with Crippen molar-refractivity contribution < 1.29 is 23.5 Å². The molecule has 3 heterocycles. The Hall–Kier alpha value is -2.52. The average Bonchev–Trinajstić information content (AvgIpc) is 3.36. The van der Waals surface area contributed by atoms with Crippen LogP contribution in [0.5, 0.6) is 5.75 Å². The lowest BCUT2D eigenvalue weighted by Gasteiger charge is -2.36. The maximum absolute atomic E-state index is 15.7. The minimum absolute atomic E-state index is 0.0527. The SMILES string of the molecule is CC(C)(C)C[C@H]1N[C@@H](C(=O)NCCN2CCOCC2)[C@H](c2cccc(Cl)c2F)[C@@]12C(=O)Oc1ccccc12. The molecule has 0 bridgehead atoms. The number of amides is 1. The summed E-state index contributed by atoms with van der Waals surface area (Å²) in [7, 11) is 0. The van der Waals surface area contributed by atoms with E-state index in [1.54, 1.807) is 24.3 Å². The molecule has 3 aliphatic rings. The van der Waals surface area contributed by atoms with E-state index in [4.69, 9.17) is 21.1 Å². The second-order valence-electron chi connectivity index (χ2n) is 11.6. The summed E-state index contributed by atoms with van der Waals surface area (Å²) in [5.74, 6) is -1.81. The van der Waals surface area contributed by atoms with E-state index >= 15 is 4.39 Å². The summed E-state index contributed by atoms with van der Waals surface area (Å²) >= 11 is 6.24. The number of hydrogen-bond donors (Lipinski definition) is 2. The maximum Gasteiger partial charge on any atom is 0.324 e. The molecule has 7 nitrogen and oxygen atoms in total. The van der Waals surface area contributed by atoms with Crippen molar-refractivity contribution in [3.8, 4) is 5.75 Å². The second-order valence-corrected chi connectivity index (χ2v) is 12.0. The number of benzene rings is 2. The van der Waals surface area contributed by atoms with Crippen LogP contribution < -0.4 is 15.4 Å². The fraction of sp³-hybridized carbons (Fsp3) is 0.517. The molecule has 3 aliphatic heterocycles. The molecule has 2 N–H and O–H groups in total. The Labute approximate surface area is 228 Å². The first kappa shape index (κ1) is 27.1. The molecule has 0 radical (unpaired) electrons. The molecule has 4 atom stereocenters. The first-order valence-electron chi connectivity index (χ1n) is 13.2. The molecule has 204 valence electrons. The second kappa shape index (κ2) is 10.6. The van der Waals surface area contributed by atoms with Gasteiger partial charge >= 0.3 is 5.97 Å². The van der Waals surface area contributed by atoms with Gasteiger partial charge in [0.05, 0.1) is 24.3 Å². The third-order valence-corrected chi connectivity index (χ3v) is 8.17. The molecular weight excluding hydrogens is 509 g/mol. The summed E-state index contributed by atoms with van der Waals surface area (Å²) in [5.41, 5.74) is -0.605. The molecule has 38 heavy (non-hydrogen) atoms. The minimum atomic E-state index is -1.30. The van der Waals surface area contributed by atoms with Gasteiger partial charge in [-0.15, -0.1) is 0 Å². The number of nitrogens with zero attached hydrogens (tertiary/aromatic N) is 1. The Bertz CT molecular complexity index is 1210. The van der Waals surface area contributed by atoms with Crippen LogP contribution in [0.25, 0.3) is 0 Å². The highest BCUT2D eigenvalue weighted by Gasteiger charge is 2.67. The first-order valence-corrected chi connectivity index (χ1v) is 13.6. The predicted octanol–water partition coefficient (Wildman–Crippen LogP) is 3.64. The number of ether oxygens (including phenoxy) is 2. The van der Waals surface area contributed by atoms with Gasteiger partial charge in [0.15, 0.2) is 0 Å². The van der Waals surface area contributed by atoms with E-state index in [-0.39, 0.29) is 21.9 Å². The number of rotatable bonds is 6. The van der Waals surface area contributed by atoms with Gasteiger partial charge in [0.2, 0.25) is 5.91 Å². The molecule has 1 amide bonds. The van der Waals surface area contributed by atoms with E-state index in [2.05, 4.69) is 36.3 Å². The predicted molar refractivity (Wildman–Crippen MR) is 143 cm³/mol. The fourth-order valence-corrected chi connectivity index (χ4v) is 6.44. The number of halogens is 2. The number of nitrogens with one attached hydrogen (secondary N) is 2. The minimum Gasteiger partial charge on any atom is -0.425 e. The highest BCUT2D eigenvalue weighted by atomic mass is 35.5. The maximum atomic E-state index is 15.7. The van der Waals surface area contributed by atoms with Gasteiger partial charge in [-0.1, -0.05) is 62.7 Å². The lowest BCUT2D eigenvalue weighted by Crippen LogP contribution is -2.49. The monoisotopic (exact) mass is 543 g/mol. The number of carbonyl (C=O) groups is 2. The first-order chi connectivity index (χ1) is 18.1. The van der Waals surface area contributed by atoms with Crippen LogP contribution in [-0.4, -0.2) is 68.3 Å². The number of fused-ring (bicyclic) bond motifs is 2. The van der Waals surface area contributed by atoms with Crippen molar-refractivity contribution in [3.05, 3.63) is 64.4 Å². The lowest BCUT2D eigenvalue weighted by atomic mass is 9.62. The van der Waals surface area contributed by atoms with Gasteiger partial charge in [-0.25, -0.2) is 4.39 Å². The van der Waals surface area contributed by atoms with E-state index in [0.29, 0.717) is 44.0 Å². The average molecular weight is 544 g/mol. The van der Waals surface area contributed by atoms with Crippen molar-refractivity contribution in [1.29, 1.82) is 0 Å². The number of hydrogen-bond acceptors (Lipinski definition) is 6. The molecule has 0 saturated carbocycles. The van der Waals surface area contributed by atoms with Gasteiger partial charge in [0.25, 0.3) is 0 Å². The molecule has 2 saturated heterocycles. The Morgan fingerprint density at radius 3 is 2.66 bits per heavy atom. The van der Waals surface area contributed by atoms with E-state index in [1.165, 1.54) is 6.07 Å². The van der Waals surface area contributed by atoms with Crippen LogP contribution >= 0.6 is 11.6 Å². The topological polar surface area (TPSA) is 79.9 Å². The van der Waals surface area contributed by atoms with E-state index in [9.17, 15) is 9.59 Å². The van der Waals surface area contributed by atoms with Crippen molar-refractivity contribution in [1.82, 2.24) is 15.5 Å². The van der Waals surface area contributed by atoms with Crippen LogP contribution in [-0.2, 0) is 19.7 Å². The highest BCUT2D eigenvalue weighted by Crippen LogP contribution is 2.57. The van der Waals surface area contributed by atoms with E-state index in [0.717, 1.165) is 13.1 Å². The Morgan fingerprint density at radius 2 is 1.92 bits per heavy atom. The summed E-state index contributed by atoms with van der Waals surface area (Å²) in [6, 6.07) is 10.6. The summed E-state index contributed by atoms with van der Waals surface area (Å²) < 4.78 is 26.9. The highest BCUT2D eigenvalue weighted by molar-refractivity contribution is 6.30. The van der Waals surface area contributed by atoms with Gasteiger partial charge in [0.1, 0.15) is 17.0 Å². The van der Waals surface area contributed by atoms with Crippen molar-refractivity contribution >= 4 is 23.5 Å². The van der Waals surface area contributed by atoms with Crippen molar-refractivity contribution in [3.63, 3.8) is 0 Å². The van der Waals surface area contributed by atoms with Crippen LogP contribution in [0.15, 0.2) is 42.5 Å². The molecule has 2 fully saturated rings. The Balaban J connectivity index is 1.57. The molecular formula is C29H35ClFN3O4. The molecule has 2 aromatic carbocycles. The van der Waals surface area contributed by atoms with Crippen molar-refractivity contribution in [2.45, 2.75) is 50.6 Å². The van der Waals surface area contributed by atoms with Gasteiger partial charge < -0.3 is 20.1 Å². The smallest absolute Gasteiger partial charge is 0.324 e. The zero-order chi connectivity index (χ0) is 27.1. The fourth-order valence-electron chi connectivity index (χ4n) is 6.26. The molecule has 5 rings (SSSR count). The summed E-state index contributed by atoms with van der Waals surface area (Å²) in [6.07, 6.45) is 0.562. The molecule has 2 aromatic rings. The van der Waals surface area contributed by atoms with Crippen LogP contribution in [0.1, 0.15) is 44.2 Å².